The van der Waals surface area contributed by atoms with Gasteiger partial charge in [-0.05, 0) is 10.8 Å². The first-order chi connectivity index (χ1) is 7.27. The van der Waals surface area contributed by atoms with E-state index >= 15 is 0 Å². The summed E-state index contributed by atoms with van der Waals surface area (Å²) < 4.78 is 0. The molecule has 3 rings (SSSR count). The first kappa shape index (κ1) is 11.0. The molecule has 3 nitrogen and oxygen atoms in total. The second-order valence-electron chi connectivity index (χ2n) is 3.45. The summed E-state index contributed by atoms with van der Waals surface area (Å²) >= 11 is 0. The second kappa shape index (κ2) is 3.84. The van der Waals surface area contributed by atoms with Crippen molar-refractivity contribution >= 4 is 22.5 Å². The number of carbonyl (C=O) groups excluding carboxylic acids is 1. The third kappa shape index (κ3) is 1.40. The molecule has 0 fully saturated rings. The quantitative estimate of drug-likeness (QED) is 0.696. The largest absolute Gasteiger partial charge is 2.00 e. The number of rotatable bonds is 0. The van der Waals surface area contributed by atoms with E-state index in [-0.39, 0.29) is 32.8 Å². The molecule has 2 aromatic rings. The van der Waals surface area contributed by atoms with Crippen LogP contribution in [0.3, 0.4) is 0 Å². The number of amidine groups is 1. The molecule has 1 heterocycles. The summed E-state index contributed by atoms with van der Waals surface area (Å²) in [5, 5.41) is 14.9. The molecule has 1 amide bonds. The van der Waals surface area contributed by atoms with Gasteiger partial charge in [-0.25, -0.2) is 0 Å². The summed E-state index contributed by atoms with van der Waals surface area (Å²) in [7, 11) is 0. The number of hydrogen-bond acceptors (Lipinski definition) is 1. The van der Waals surface area contributed by atoms with E-state index in [0.29, 0.717) is 11.1 Å². The van der Waals surface area contributed by atoms with E-state index in [1.165, 1.54) is 0 Å². The molecule has 0 spiro atoms. The molecule has 0 N–H and O–H groups in total. The Morgan fingerprint density at radius 2 is 1.62 bits per heavy atom. The SMILES string of the molecule is [N-]=C1[N-]C(=O)c2cccc3cccc1c23.[W+2]. The Bertz CT molecular complexity index is 558. The van der Waals surface area contributed by atoms with Crippen molar-refractivity contribution in [2.24, 2.45) is 0 Å². The van der Waals surface area contributed by atoms with Crippen LogP contribution in [0.15, 0.2) is 36.4 Å². The van der Waals surface area contributed by atoms with E-state index in [1.807, 2.05) is 24.3 Å². The molecule has 0 atom stereocenters. The van der Waals surface area contributed by atoms with Crippen LogP contribution in [0.1, 0.15) is 15.9 Å². The van der Waals surface area contributed by atoms with Crippen molar-refractivity contribution in [2.75, 3.05) is 0 Å². The molecule has 1 aliphatic heterocycles. The molecule has 2 aromatic carbocycles. The van der Waals surface area contributed by atoms with Crippen LogP contribution in [-0.4, -0.2) is 11.7 Å². The van der Waals surface area contributed by atoms with Crippen molar-refractivity contribution in [1.29, 1.82) is 0 Å². The number of hydrogen-bond donors (Lipinski definition) is 0. The third-order valence-electron chi connectivity index (χ3n) is 2.58. The number of nitrogens with zero attached hydrogens (tertiary/aromatic N) is 2. The molecule has 16 heavy (non-hydrogen) atoms. The maximum Gasteiger partial charge on any atom is 2.00 e. The van der Waals surface area contributed by atoms with Crippen LogP contribution >= 0.6 is 0 Å². The van der Waals surface area contributed by atoms with Gasteiger partial charge in [-0.3, -0.25) is 5.84 Å². The topological polar surface area (TPSA) is 53.5 Å². The molecule has 0 aliphatic carbocycles. The van der Waals surface area contributed by atoms with Crippen molar-refractivity contribution in [3.8, 4) is 0 Å². The molecular weight excluding hydrogens is 372 g/mol. The Labute approximate surface area is 107 Å². The normalized spacial score (nSPS) is 13.2. The molecule has 0 saturated heterocycles. The van der Waals surface area contributed by atoms with Crippen molar-refractivity contribution in [1.82, 2.24) is 0 Å². The first-order valence-corrected chi connectivity index (χ1v) is 4.61. The Kier molecular flexibility index (Phi) is 2.64. The number of carbonyl (C=O) groups is 1. The summed E-state index contributed by atoms with van der Waals surface area (Å²) in [6.45, 7) is 0. The minimum absolute atomic E-state index is 0. The predicted octanol–water partition coefficient (Wildman–Crippen LogP) is 2.68. The van der Waals surface area contributed by atoms with Crippen molar-refractivity contribution in [3.05, 3.63) is 58.3 Å². The molecule has 0 saturated carbocycles. The van der Waals surface area contributed by atoms with Gasteiger partial charge in [0.15, 0.2) is 0 Å². The van der Waals surface area contributed by atoms with Gasteiger partial charge in [0.25, 0.3) is 0 Å². The molecule has 76 valence electrons. The molecule has 0 bridgehead atoms. The maximum atomic E-state index is 11.5. The van der Waals surface area contributed by atoms with Crippen molar-refractivity contribution in [2.45, 2.75) is 0 Å². The van der Waals surface area contributed by atoms with Gasteiger partial charge in [0.05, 0.1) is 5.91 Å². The minimum Gasteiger partial charge on any atom is -0.824 e. The molecule has 0 unspecified atom stereocenters. The van der Waals surface area contributed by atoms with Crippen LogP contribution in [-0.2, 0) is 21.1 Å². The maximum absolute atomic E-state index is 11.5. The average Bonchev–Trinajstić information content (AvgIpc) is 2.25. The Morgan fingerprint density at radius 1 is 1.00 bits per heavy atom. The minimum atomic E-state index is -0.378. The fourth-order valence-corrected chi connectivity index (χ4v) is 1.92. The molecule has 0 radical (unpaired) electrons. The zero-order valence-corrected chi connectivity index (χ0v) is 11.1. The predicted molar refractivity (Wildman–Crippen MR) is 59.1 cm³/mol. The van der Waals surface area contributed by atoms with Gasteiger partial charge in [-0.1, -0.05) is 42.0 Å². The van der Waals surface area contributed by atoms with E-state index < -0.39 is 0 Å². The van der Waals surface area contributed by atoms with Crippen molar-refractivity contribution < 1.29 is 25.9 Å². The van der Waals surface area contributed by atoms with Crippen LogP contribution in [0, 0.1) is 0 Å². The van der Waals surface area contributed by atoms with E-state index in [9.17, 15) is 10.2 Å². The van der Waals surface area contributed by atoms with Crippen molar-refractivity contribution in [3.63, 3.8) is 0 Å². The smallest absolute Gasteiger partial charge is 0.824 e. The zero-order valence-electron chi connectivity index (χ0n) is 8.18. The van der Waals surface area contributed by atoms with E-state index in [2.05, 4.69) is 5.32 Å². The van der Waals surface area contributed by atoms with Crippen LogP contribution in [0.25, 0.3) is 21.5 Å². The van der Waals surface area contributed by atoms with E-state index in [0.717, 1.165) is 10.8 Å². The van der Waals surface area contributed by atoms with E-state index in [1.54, 1.807) is 12.1 Å². The fourth-order valence-electron chi connectivity index (χ4n) is 1.92. The van der Waals surface area contributed by atoms with Gasteiger partial charge in [-0.15, -0.1) is 0 Å². The summed E-state index contributed by atoms with van der Waals surface area (Å²) in [6, 6.07) is 11.0. The summed E-state index contributed by atoms with van der Waals surface area (Å²) in [5.41, 5.74) is 1.18. The Hall–Kier alpha value is -1.47. The van der Waals surface area contributed by atoms with E-state index in [4.69, 9.17) is 0 Å². The zero-order chi connectivity index (χ0) is 10.4. The summed E-state index contributed by atoms with van der Waals surface area (Å²) in [5.74, 6) is -0.568. The molecule has 1 aliphatic rings. The monoisotopic (exact) mass is 378 g/mol. The Balaban J connectivity index is 0.000000963. The van der Waals surface area contributed by atoms with Gasteiger partial charge >= 0.3 is 21.1 Å². The molecule has 0 aromatic heterocycles. The average molecular weight is 378 g/mol. The number of amides is 1. The molecule has 4 heteroatoms. The van der Waals surface area contributed by atoms with Crippen LogP contribution in [0.4, 0.5) is 0 Å². The first-order valence-electron chi connectivity index (χ1n) is 4.61. The Morgan fingerprint density at radius 3 is 2.31 bits per heavy atom. The second-order valence-corrected chi connectivity index (χ2v) is 3.45. The van der Waals surface area contributed by atoms with Gasteiger partial charge in [-0.2, -0.15) is 0 Å². The fraction of sp³-hybridized carbons (Fsp3) is 0. The summed E-state index contributed by atoms with van der Waals surface area (Å²) in [4.78, 5) is 11.5. The van der Waals surface area contributed by atoms with Crippen LogP contribution < -0.4 is 0 Å². The number of benzene rings is 2. The molecular formula is C12H6N2OW. The van der Waals surface area contributed by atoms with Gasteiger partial charge in [0, 0.05) is 5.56 Å². The van der Waals surface area contributed by atoms with Gasteiger partial charge in [0.2, 0.25) is 0 Å². The third-order valence-corrected chi connectivity index (χ3v) is 2.58. The standard InChI is InChI=1S/C12H7N2O.W/c13-11-8-5-1-3-7-4-2-6-9(10(7)8)12(15)14-11;/h1-6H,(H-,13,14,15);/q-1;+2/p-1. The van der Waals surface area contributed by atoms with Gasteiger partial charge in [0.1, 0.15) is 0 Å². The van der Waals surface area contributed by atoms with Crippen LogP contribution in [0.5, 0.6) is 0 Å². The van der Waals surface area contributed by atoms with Gasteiger partial charge < -0.3 is 15.5 Å². The summed E-state index contributed by atoms with van der Waals surface area (Å²) in [6.07, 6.45) is 0. The van der Waals surface area contributed by atoms with Crippen LogP contribution in [0.2, 0.25) is 0 Å².